The molecule has 0 aromatic carbocycles. The normalized spacial score (nSPS) is 49.7. The Bertz CT molecular complexity index is 1220. The van der Waals surface area contributed by atoms with E-state index in [4.69, 9.17) is 14.2 Å². The van der Waals surface area contributed by atoms with Crippen molar-refractivity contribution in [2.45, 2.75) is 118 Å². The third-order valence-corrected chi connectivity index (χ3v) is 13.6. The molecule has 5 aliphatic carbocycles. The lowest BCUT2D eigenvalue weighted by molar-refractivity contribution is -0.234. The third kappa shape index (κ3) is 3.95. The molecule has 0 aromatic heterocycles. The number of rotatable bonds is 3. The minimum atomic E-state index is -1.23. The molecule has 5 aliphatic rings. The van der Waals surface area contributed by atoms with Crippen LogP contribution in [-0.4, -0.2) is 53.7 Å². The van der Waals surface area contributed by atoms with Crippen LogP contribution >= 0.6 is 0 Å². The highest BCUT2D eigenvalue weighted by Crippen LogP contribution is 2.75. The van der Waals surface area contributed by atoms with Crippen LogP contribution in [0.4, 0.5) is 0 Å². The maximum Gasteiger partial charge on any atom is 0.316 e. The first-order valence-electron chi connectivity index (χ1n) is 15.8. The van der Waals surface area contributed by atoms with Gasteiger partial charge in [0.1, 0.15) is 11.5 Å². The van der Waals surface area contributed by atoms with Crippen molar-refractivity contribution in [2.75, 3.05) is 7.11 Å². The van der Waals surface area contributed by atoms with Crippen molar-refractivity contribution in [3.05, 3.63) is 11.6 Å². The minimum Gasteiger partial charge on any atom is -0.468 e. The van der Waals surface area contributed by atoms with Gasteiger partial charge in [0.2, 0.25) is 0 Å². The van der Waals surface area contributed by atoms with Crippen LogP contribution in [0.5, 0.6) is 0 Å². The topological polar surface area (TPSA) is 116 Å². The van der Waals surface area contributed by atoms with E-state index in [1.807, 2.05) is 13.8 Å². The lowest BCUT2D eigenvalue weighted by Gasteiger charge is -2.71. The Balaban J connectivity index is 1.63. The summed E-state index contributed by atoms with van der Waals surface area (Å²) in [5, 5.41) is 12.3. The fourth-order valence-corrected chi connectivity index (χ4v) is 11.3. The summed E-state index contributed by atoms with van der Waals surface area (Å²) >= 11 is 0. The molecular formula is C34H50O8. The predicted molar refractivity (Wildman–Crippen MR) is 155 cm³/mol. The van der Waals surface area contributed by atoms with E-state index in [-0.39, 0.29) is 45.7 Å². The van der Waals surface area contributed by atoms with Gasteiger partial charge in [-0.2, -0.15) is 0 Å². The Hall–Kier alpha value is -2.22. The van der Waals surface area contributed by atoms with E-state index in [1.54, 1.807) is 0 Å². The van der Waals surface area contributed by atoms with Crippen molar-refractivity contribution in [1.82, 2.24) is 0 Å². The van der Waals surface area contributed by atoms with Gasteiger partial charge in [-0.15, -0.1) is 0 Å². The molecule has 0 amide bonds. The van der Waals surface area contributed by atoms with Crippen LogP contribution in [0.2, 0.25) is 0 Å². The highest BCUT2D eigenvalue weighted by Gasteiger charge is 2.73. The molecule has 4 fully saturated rings. The van der Waals surface area contributed by atoms with Crippen molar-refractivity contribution in [2.24, 2.45) is 51.2 Å². The quantitative estimate of drug-likeness (QED) is 0.273. The second kappa shape index (κ2) is 9.90. The van der Waals surface area contributed by atoms with Gasteiger partial charge in [-0.25, -0.2) is 0 Å². The largest absolute Gasteiger partial charge is 0.468 e. The first-order valence-corrected chi connectivity index (χ1v) is 15.8. The monoisotopic (exact) mass is 586 g/mol. The first-order chi connectivity index (χ1) is 19.4. The smallest absolute Gasteiger partial charge is 0.316 e. The summed E-state index contributed by atoms with van der Waals surface area (Å²) in [4.78, 5) is 51.5. The molecule has 0 saturated heterocycles. The Kier molecular flexibility index (Phi) is 7.36. The van der Waals surface area contributed by atoms with Crippen LogP contribution in [-0.2, 0) is 33.4 Å². The van der Waals surface area contributed by atoms with E-state index >= 15 is 0 Å². The summed E-state index contributed by atoms with van der Waals surface area (Å²) in [5.41, 5.74) is -2.17. The van der Waals surface area contributed by atoms with Crippen LogP contribution in [0.25, 0.3) is 0 Å². The third-order valence-electron chi connectivity index (χ3n) is 13.6. The van der Waals surface area contributed by atoms with Gasteiger partial charge in [-0.3, -0.25) is 19.2 Å². The van der Waals surface area contributed by atoms with Crippen molar-refractivity contribution in [3.8, 4) is 0 Å². The number of methoxy groups -OCH3 is 1. The molecule has 0 bridgehead atoms. The molecule has 0 unspecified atom stereocenters. The molecule has 8 heteroatoms. The molecular weight excluding hydrogens is 536 g/mol. The molecule has 0 aliphatic heterocycles. The maximum atomic E-state index is 13.8. The van der Waals surface area contributed by atoms with E-state index < -0.39 is 47.0 Å². The number of carbonyl (C=O) groups excluding carboxylic acids is 4. The standard InChI is InChI=1S/C34H50O8/c1-18-16-26(41-20(3)35)34(29(38)40-9)15-14-31(6)23(28(34)33(18,8)39)10-11-25-30(5)17-24(37)27(42-21(4)36)19(2)22(30)12-13-32(25,31)7/h10,18-19,22,25-28,39H,11-17H2,1-9H3/t18-,19+,22+,25-,26+,27-,28-,30+,31-,32-,33-,34-/m1/s1. The zero-order chi connectivity index (χ0) is 31.2. The average Bonchev–Trinajstić information content (AvgIpc) is 2.88. The summed E-state index contributed by atoms with van der Waals surface area (Å²) in [5.74, 6) is -1.71. The molecule has 0 spiro atoms. The molecule has 1 N–H and O–H groups in total. The number of hydrogen-bond donors (Lipinski definition) is 1. The van der Waals surface area contributed by atoms with Crippen molar-refractivity contribution in [1.29, 1.82) is 0 Å². The lowest BCUT2D eigenvalue weighted by Crippen LogP contribution is -2.70. The predicted octanol–water partition coefficient (Wildman–Crippen LogP) is 5.19. The molecule has 0 heterocycles. The van der Waals surface area contributed by atoms with Crippen LogP contribution in [0, 0.1) is 51.2 Å². The number of aliphatic hydroxyl groups is 1. The molecule has 234 valence electrons. The fraction of sp³-hybridized carbons (Fsp3) is 0.824. The number of hydrogen-bond acceptors (Lipinski definition) is 8. The number of allylic oxidation sites excluding steroid dienone is 1. The van der Waals surface area contributed by atoms with Crippen molar-refractivity contribution < 1.29 is 38.5 Å². The lowest BCUT2D eigenvalue weighted by atomic mass is 9.33. The van der Waals surface area contributed by atoms with Gasteiger partial charge in [-0.1, -0.05) is 46.3 Å². The molecule has 0 radical (unpaired) electrons. The van der Waals surface area contributed by atoms with Gasteiger partial charge < -0.3 is 19.3 Å². The maximum absolute atomic E-state index is 13.8. The van der Waals surface area contributed by atoms with E-state index in [9.17, 15) is 24.3 Å². The van der Waals surface area contributed by atoms with Gasteiger partial charge in [0.05, 0.1) is 12.7 Å². The molecule has 0 aromatic rings. The van der Waals surface area contributed by atoms with Crippen molar-refractivity contribution in [3.63, 3.8) is 0 Å². The van der Waals surface area contributed by atoms with Crippen molar-refractivity contribution >= 4 is 23.7 Å². The van der Waals surface area contributed by atoms with Crippen LogP contribution in [0.15, 0.2) is 11.6 Å². The number of ketones is 1. The second-order valence-electron chi connectivity index (χ2n) is 15.3. The average molecular weight is 587 g/mol. The van der Waals surface area contributed by atoms with Gasteiger partial charge in [0, 0.05) is 32.1 Å². The van der Waals surface area contributed by atoms with E-state index in [0.29, 0.717) is 25.7 Å². The summed E-state index contributed by atoms with van der Waals surface area (Å²) in [6.45, 7) is 15.5. The number of ether oxygens (including phenoxy) is 3. The van der Waals surface area contributed by atoms with Gasteiger partial charge in [0.15, 0.2) is 11.9 Å². The Morgan fingerprint density at radius 3 is 2.21 bits per heavy atom. The minimum absolute atomic E-state index is 0.00208. The number of Topliss-reactive ketones (excluding diaryl/α,β-unsaturated/α-hetero) is 1. The highest BCUT2D eigenvalue weighted by molar-refractivity contribution is 5.87. The summed E-state index contributed by atoms with van der Waals surface area (Å²) < 4.78 is 16.9. The summed E-state index contributed by atoms with van der Waals surface area (Å²) in [6, 6.07) is 0. The fourth-order valence-electron chi connectivity index (χ4n) is 11.3. The van der Waals surface area contributed by atoms with Crippen LogP contribution in [0.3, 0.4) is 0 Å². The van der Waals surface area contributed by atoms with E-state index in [1.165, 1.54) is 21.0 Å². The number of fused-ring (bicyclic) bond motifs is 7. The van der Waals surface area contributed by atoms with E-state index in [2.05, 4.69) is 33.8 Å². The zero-order valence-corrected chi connectivity index (χ0v) is 26.9. The molecule has 12 atom stereocenters. The Labute approximate surface area is 250 Å². The summed E-state index contributed by atoms with van der Waals surface area (Å²) in [7, 11) is 1.37. The summed E-state index contributed by atoms with van der Waals surface area (Å²) in [6.07, 6.45) is 5.31. The SMILES string of the molecule is COC(=O)[C@@]12CC[C@]3(C)C(=CC[C@@H]4[C@@]5(C)CC(=O)[C@H](OC(C)=O)[C@@H](C)[C@@H]5CC[C@]43C)[C@@H]1[C@](C)(O)[C@H](C)C[C@@H]2OC(C)=O. The van der Waals surface area contributed by atoms with Crippen LogP contribution in [0.1, 0.15) is 100 Å². The first kappa shape index (κ1) is 31.2. The highest BCUT2D eigenvalue weighted by atomic mass is 16.6. The molecule has 42 heavy (non-hydrogen) atoms. The second-order valence-corrected chi connectivity index (χ2v) is 15.3. The molecule has 8 nitrogen and oxygen atoms in total. The molecule has 4 saturated carbocycles. The van der Waals surface area contributed by atoms with Gasteiger partial charge in [-0.05, 0) is 79.4 Å². The Morgan fingerprint density at radius 1 is 0.976 bits per heavy atom. The number of carbonyl (C=O) groups is 4. The van der Waals surface area contributed by atoms with Gasteiger partial charge in [0.25, 0.3) is 0 Å². The van der Waals surface area contributed by atoms with Gasteiger partial charge >= 0.3 is 17.9 Å². The number of esters is 3. The molecule has 5 rings (SSSR count). The van der Waals surface area contributed by atoms with Crippen LogP contribution < -0.4 is 0 Å². The Morgan fingerprint density at radius 2 is 1.62 bits per heavy atom. The van der Waals surface area contributed by atoms with E-state index in [0.717, 1.165) is 24.8 Å². The zero-order valence-electron chi connectivity index (χ0n) is 26.9.